The maximum atomic E-state index is 11.3. The molecule has 0 fully saturated rings. The third kappa shape index (κ3) is 3.24. The Morgan fingerprint density at radius 1 is 0.935 bits per heavy atom. The van der Waals surface area contributed by atoms with Crippen molar-refractivity contribution in [2.75, 3.05) is 0 Å². The lowest BCUT2D eigenvalue weighted by molar-refractivity contribution is 0.829. The van der Waals surface area contributed by atoms with Crippen LogP contribution in [0.5, 0.6) is 0 Å². The Morgan fingerprint density at radius 2 is 1.77 bits per heavy atom. The van der Waals surface area contributed by atoms with Gasteiger partial charge in [-0.15, -0.1) is 0 Å². The second kappa shape index (κ2) is 7.54. The highest BCUT2D eigenvalue weighted by Gasteiger charge is 2.13. The van der Waals surface area contributed by atoms with Crippen molar-refractivity contribution < 1.29 is 0 Å². The van der Waals surface area contributed by atoms with Crippen LogP contribution >= 0.6 is 0 Å². The van der Waals surface area contributed by atoms with E-state index in [2.05, 4.69) is 58.5 Å². The van der Waals surface area contributed by atoms with Gasteiger partial charge in [-0.1, -0.05) is 48.6 Å². The summed E-state index contributed by atoms with van der Waals surface area (Å²) in [6.45, 7) is 0. The van der Waals surface area contributed by atoms with Gasteiger partial charge in [0.1, 0.15) is 0 Å². The number of rotatable bonds is 0. The Labute approximate surface area is 178 Å². The maximum absolute atomic E-state index is 11.3. The van der Waals surface area contributed by atoms with Crippen molar-refractivity contribution in [1.29, 1.82) is 0 Å². The van der Waals surface area contributed by atoms with Crippen LogP contribution in [0.1, 0.15) is 24.0 Å². The van der Waals surface area contributed by atoms with Gasteiger partial charge < -0.3 is 4.57 Å². The molecule has 2 aromatic carbocycles. The van der Waals surface area contributed by atoms with Crippen LogP contribution in [0.4, 0.5) is 0 Å². The fourth-order valence-corrected chi connectivity index (χ4v) is 4.57. The number of hydrogen-bond donors (Lipinski definition) is 1. The second-order valence-corrected chi connectivity index (χ2v) is 8.11. The highest BCUT2D eigenvalue weighted by atomic mass is 16.2. The van der Waals surface area contributed by atoms with E-state index in [1.165, 1.54) is 62.8 Å². The molecule has 0 saturated heterocycles. The topological polar surface area (TPSA) is 72.7 Å². The Hall–Kier alpha value is -3.67. The summed E-state index contributed by atoms with van der Waals surface area (Å²) >= 11 is 0. The SMILES string of the molecule is C1=c2c(ccc3c2=CCc2ccccc2-3)CCC1.Cn1cnc2c1c(=O)[nH]c(=O)n2C. The molecular formula is C25H24N4O2. The first-order valence-electron chi connectivity index (χ1n) is 10.6. The zero-order chi connectivity index (χ0) is 21.5. The fraction of sp³-hybridized carbons (Fsp3) is 0.240. The van der Waals surface area contributed by atoms with Crippen molar-refractivity contribution in [2.45, 2.75) is 25.7 Å². The molecule has 4 aromatic rings. The molecule has 0 amide bonds. The molecule has 6 nitrogen and oxygen atoms in total. The number of fused-ring (bicyclic) bond motifs is 6. The average Bonchev–Trinajstić information content (AvgIpc) is 3.20. The summed E-state index contributed by atoms with van der Waals surface area (Å²) in [5.41, 5.74) is 5.80. The molecule has 0 saturated carbocycles. The van der Waals surface area contributed by atoms with E-state index in [4.69, 9.17) is 0 Å². The Balaban J connectivity index is 0.000000140. The van der Waals surface area contributed by atoms with E-state index >= 15 is 0 Å². The van der Waals surface area contributed by atoms with Gasteiger partial charge in [-0.25, -0.2) is 9.78 Å². The highest BCUT2D eigenvalue weighted by molar-refractivity contribution is 5.74. The number of hydrogen-bond acceptors (Lipinski definition) is 3. The molecule has 2 aromatic heterocycles. The molecule has 0 atom stereocenters. The average molecular weight is 412 g/mol. The highest BCUT2D eigenvalue weighted by Crippen LogP contribution is 2.24. The Morgan fingerprint density at radius 3 is 2.65 bits per heavy atom. The molecule has 2 aliphatic rings. The van der Waals surface area contributed by atoms with Crippen LogP contribution in [0, 0.1) is 0 Å². The van der Waals surface area contributed by atoms with E-state index in [0.717, 1.165) is 6.42 Å². The molecule has 2 aliphatic carbocycles. The van der Waals surface area contributed by atoms with E-state index in [-0.39, 0.29) is 0 Å². The summed E-state index contributed by atoms with van der Waals surface area (Å²) in [5.74, 6) is 0. The van der Waals surface area contributed by atoms with Crippen LogP contribution in [0.15, 0.2) is 52.3 Å². The molecule has 0 bridgehead atoms. The molecule has 1 N–H and O–H groups in total. The van der Waals surface area contributed by atoms with Gasteiger partial charge in [0, 0.05) is 14.1 Å². The third-order valence-electron chi connectivity index (χ3n) is 6.19. The standard InChI is InChI=1S/C18H16.C7H8N4O2/c1-3-7-15-13(5-1)9-11-18-16-8-4-2-6-14(16)10-12-17(15)18;1-10-3-8-5-4(10)6(12)9-7(13)11(5)2/h1,3,5,7-8,10-12H,2,4,6,9H2;3H,1-2H3,(H,9,12,13). The van der Waals surface area contributed by atoms with E-state index in [1.807, 2.05) is 0 Å². The molecule has 31 heavy (non-hydrogen) atoms. The Kier molecular flexibility index (Phi) is 4.70. The van der Waals surface area contributed by atoms with Crippen molar-refractivity contribution in [1.82, 2.24) is 19.1 Å². The maximum Gasteiger partial charge on any atom is 0.329 e. The predicted molar refractivity (Wildman–Crippen MR) is 123 cm³/mol. The third-order valence-corrected chi connectivity index (χ3v) is 6.19. The van der Waals surface area contributed by atoms with E-state index < -0.39 is 11.2 Å². The van der Waals surface area contributed by atoms with Gasteiger partial charge in [0.15, 0.2) is 11.2 Å². The van der Waals surface area contributed by atoms with Gasteiger partial charge in [0.2, 0.25) is 0 Å². The molecule has 0 unspecified atom stereocenters. The van der Waals surface area contributed by atoms with Crippen molar-refractivity contribution in [3.05, 3.63) is 85.1 Å². The van der Waals surface area contributed by atoms with Crippen LogP contribution in [0.3, 0.4) is 0 Å². The molecule has 2 heterocycles. The molecule has 6 rings (SSSR count). The molecule has 0 aliphatic heterocycles. The molecular weight excluding hydrogens is 388 g/mol. The smallest absolute Gasteiger partial charge is 0.328 e. The van der Waals surface area contributed by atoms with E-state index in [1.54, 1.807) is 18.7 Å². The number of aromatic nitrogens is 4. The predicted octanol–water partition coefficient (Wildman–Crippen LogP) is 1.77. The number of H-pyrrole nitrogens is 1. The van der Waals surface area contributed by atoms with Gasteiger partial charge in [0.25, 0.3) is 5.56 Å². The summed E-state index contributed by atoms with van der Waals surface area (Å²) in [4.78, 5) is 28.6. The first-order valence-corrected chi connectivity index (χ1v) is 10.6. The normalized spacial score (nSPS) is 13.7. The number of nitrogens with one attached hydrogen (secondary N) is 1. The number of nitrogens with zero attached hydrogens (tertiary/aromatic N) is 3. The second-order valence-electron chi connectivity index (χ2n) is 8.11. The first kappa shape index (κ1) is 19.3. The molecule has 0 radical (unpaired) electrons. The minimum absolute atomic E-state index is 0.399. The lowest BCUT2D eigenvalue weighted by atomic mass is 9.87. The lowest BCUT2D eigenvalue weighted by Gasteiger charge is -2.17. The largest absolute Gasteiger partial charge is 0.329 e. The van der Waals surface area contributed by atoms with Crippen LogP contribution in [-0.2, 0) is 26.9 Å². The summed E-state index contributed by atoms with van der Waals surface area (Å²) in [6, 6.07) is 13.5. The van der Waals surface area contributed by atoms with Crippen LogP contribution in [0.2, 0.25) is 0 Å². The zero-order valence-corrected chi connectivity index (χ0v) is 17.7. The number of aryl methyl sites for hydroxylation is 3. The van der Waals surface area contributed by atoms with Crippen LogP contribution in [-0.4, -0.2) is 19.1 Å². The van der Waals surface area contributed by atoms with Crippen molar-refractivity contribution in [3.8, 4) is 11.1 Å². The van der Waals surface area contributed by atoms with E-state index in [0.29, 0.717) is 11.2 Å². The van der Waals surface area contributed by atoms with Crippen LogP contribution in [0.25, 0.3) is 34.4 Å². The van der Waals surface area contributed by atoms with Crippen molar-refractivity contribution in [3.63, 3.8) is 0 Å². The van der Waals surface area contributed by atoms with Crippen molar-refractivity contribution in [2.24, 2.45) is 14.1 Å². The summed E-state index contributed by atoms with van der Waals surface area (Å²) in [7, 11) is 3.27. The zero-order valence-electron chi connectivity index (χ0n) is 17.7. The Bertz CT molecular complexity index is 1550. The summed E-state index contributed by atoms with van der Waals surface area (Å²) in [6.07, 6.45) is 11.2. The fourth-order valence-electron chi connectivity index (χ4n) is 4.57. The number of imidazole rings is 1. The lowest BCUT2D eigenvalue weighted by Crippen LogP contribution is -2.33. The minimum Gasteiger partial charge on any atom is -0.328 e. The van der Waals surface area contributed by atoms with Gasteiger partial charge >= 0.3 is 5.69 Å². The van der Waals surface area contributed by atoms with Gasteiger partial charge in [-0.3, -0.25) is 14.3 Å². The number of aromatic amines is 1. The summed E-state index contributed by atoms with van der Waals surface area (Å²) < 4.78 is 2.88. The van der Waals surface area contributed by atoms with Gasteiger partial charge in [0.05, 0.1) is 6.33 Å². The van der Waals surface area contributed by atoms with Gasteiger partial charge in [-0.2, -0.15) is 0 Å². The molecule has 6 heteroatoms. The quantitative estimate of drug-likeness (QED) is 0.478. The van der Waals surface area contributed by atoms with Crippen molar-refractivity contribution >= 4 is 23.3 Å². The summed E-state index contributed by atoms with van der Waals surface area (Å²) in [5, 5.41) is 2.99. The van der Waals surface area contributed by atoms with Crippen LogP contribution < -0.4 is 21.7 Å². The monoisotopic (exact) mass is 412 g/mol. The minimum atomic E-state index is -0.448. The van der Waals surface area contributed by atoms with Gasteiger partial charge in [-0.05, 0) is 58.4 Å². The molecule has 0 spiro atoms. The first-order chi connectivity index (χ1) is 15.0. The van der Waals surface area contributed by atoms with E-state index in [9.17, 15) is 9.59 Å². The number of benzene rings is 2. The molecule has 156 valence electrons.